The van der Waals surface area contributed by atoms with E-state index < -0.39 is 5.97 Å². The molecule has 0 unspecified atom stereocenters. The van der Waals surface area contributed by atoms with Crippen LogP contribution in [0.1, 0.15) is 16.1 Å². The minimum atomic E-state index is -0.956. The second-order valence-corrected chi connectivity index (χ2v) is 4.56. The average Bonchev–Trinajstić information content (AvgIpc) is 2.60. The molecular formula is C8H7NO3Se. The van der Waals surface area contributed by atoms with Gasteiger partial charge in [0.2, 0.25) is 0 Å². The van der Waals surface area contributed by atoms with Gasteiger partial charge in [-0.2, -0.15) is 0 Å². The Morgan fingerprint density at radius 3 is 3.00 bits per heavy atom. The summed E-state index contributed by atoms with van der Waals surface area (Å²) in [6.07, 6.45) is 0. The van der Waals surface area contributed by atoms with Crippen molar-refractivity contribution >= 4 is 30.2 Å². The summed E-state index contributed by atoms with van der Waals surface area (Å²) in [5.41, 5.74) is 1.80. The SMILES string of the molecule is O=C(O)c1cc2[se]cc(CO)c2[nH]1. The second kappa shape index (κ2) is 3.03. The summed E-state index contributed by atoms with van der Waals surface area (Å²) in [7, 11) is 0. The van der Waals surface area contributed by atoms with E-state index in [0.717, 1.165) is 15.3 Å². The molecule has 0 aliphatic heterocycles. The van der Waals surface area contributed by atoms with Gasteiger partial charge in [-0.25, -0.2) is 0 Å². The molecule has 3 N–H and O–H groups in total. The molecular weight excluding hydrogens is 237 g/mol. The molecule has 4 nitrogen and oxygen atoms in total. The third-order valence-corrected chi connectivity index (χ3v) is 3.88. The third kappa shape index (κ3) is 1.31. The molecule has 0 aliphatic rings. The van der Waals surface area contributed by atoms with Crippen LogP contribution in [-0.4, -0.2) is 35.7 Å². The van der Waals surface area contributed by atoms with E-state index in [4.69, 9.17) is 10.2 Å². The number of aliphatic hydroxyl groups is 1. The van der Waals surface area contributed by atoms with Gasteiger partial charge < -0.3 is 0 Å². The maximum absolute atomic E-state index is 10.6. The van der Waals surface area contributed by atoms with Gasteiger partial charge in [0.1, 0.15) is 0 Å². The molecule has 0 aromatic carbocycles. The van der Waals surface area contributed by atoms with Crippen LogP contribution in [0.2, 0.25) is 0 Å². The molecule has 0 bridgehead atoms. The fourth-order valence-corrected chi connectivity index (χ4v) is 3.18. The van der Waals surface area contributed by atoms with Gasteiger partial charge in [0.05, 0.1) is 0 Å². The van der Waals surface area contributed by atoms with Crippen LogP contribution < -0.4 is 0 Å². The van der Waals surface area contributed by atoms with Crippen molar-refractivity contribution in [1.29, 1.82) is 0 Å². The van der Waals surface area contributed by atoms with Gasteiger partial charge in [0, 0.05) is 0 Å². The molecule has 5 heteroatoms. The Balaban J connectivity index is 2.63. The van der Waals surface area contributed by atoms with Crippen LogP contribution in [0.25, 0.3) is 9.78 Å². The first-order valence-electron chi connectivity index (χ1n) is 3.65. The number of rotatable bonds is 2. The third-order valence-electron chi connectivity index (χ3n) is 1.83. The van der Waals surface area contributed by atoms with Gasteiger partial charge in [0.15, 0.2) is 0 Å². The number of aromatic nitrogens is 1. The van der Waals surface area contributed by atoms with Crippen LogP contribution in [0.5, 0.6) is 0 Å². The number of carbonyl (C=O) groups is 1. The molecule has 0 saturated carbocycles. The average molecular weight is 244 g/mol. The molecule has 0 fully saturated rings. The zero-order valence-electron chi connectivity index (χ0n) is 6.57. The number of nitrogens with one attached hydrogen (secondary N) is 1. The predicted molar refractivity (Wildman–Crippen MR) is 48.1 cm³/mol. The first kappa shape index (κ1) is 8.56. The summed E-state index contributed by atoms with van der Waals surface area (Å²) >= 11 is 0.164. The van der Waals surface area contributed by atoms with E-state index in [1.807, 2.05) is 4.94 Å². The molecule has 2 heterocycles. The van der Waals surface area contributed by atoms with E-state index in [9.17, 15) is 4.79 Å². The Morgan fingerprint density at radius 1 is 1.62 bits per heavy atom. The molecule has 2 aromatic heterocycles. The zero-order valence-corrected chi connectivity index (χ0v) is 8.29. The van der Waals surface area contributed by atoms with Crippen molar-refractivity contribution in [3.63, 3.8) is 0 Å². The number of fused-ring (bicyclic) bond motifs is 1. The molecule has 0 radical (unpaired) electrons. The van der Waals surface area contributed by atoms with Gasteiger partial charge in [0.25, 0.3) is 0 Å². The molecule has 13 heavy (non-hydrogen) atoms. The summed E-state index contributed by atoms with van der Waals surface area (Å²) < 4.78 is 1.01. The van der Waals surface area contributed by atoms with Crippen molar-refractivity contribution in [2.45, 2.75) is 6.61 Å². The summed E-state index contributed by atoms with van der Waals surface area (Å²) in [4.78, 5) is 15.3. The number of aromatic carboxylic acids is 1. The monoisotopic (exact) mass is 245 g/mol. The molecule has 0 amide bonds. The molecule has 0 spiro atoms. The van der Waals surface area contributed by atoms with Crippen LogP contribution in [0.3, 0.4) is 0 Å². The van der Waals surface area contributed by atoms with Gasteiger partial charge in [-0.05, 0) is 0 Å². The van der Waals surface area contributed by atoms with E-state index in [-0.39, 0.29) is 26.8 Å². The van der Waals surface area contributed by atoms with Gasteiger partial charge in [-0.1, -0.05) is 0 Å². The molecule has 0 atom stereocenters. The van der Waals surface area contributed by atoms with Gasteiger partial charge >= 0.3 is 79.1 Å². The van der Waals surface area contributed by atoms with Crippen LogP contribution in [-0.2, 0) is 6.61 Å². The normalized spacial score (nSPS) is 10.8. The number of H-pyrrole nitrogens is 1. The first-order chi connectivity index (χ1) is 6.22. The van der Waals surface area contributed by atoms with Crippen LogP contribution in [0.4, 0.5) is 0 Å². The van der Waals surface area contributed by atoms with Crippen molar-refractivity contribution in [3.05, 3.63) is 22.3 Å². The standard InChI is InChI=1S/C8H7NO3Se/c10-2-4-3-13-6-1-5(8(11)12)9-7(4)6/h1,3,9-10H,2H2,(H,11,12). The fourth-order valence-electron chi connectivity index (χ4n) is 1.19. The Labute approximate surface area is 79.6 Å². The quantitative estimate of drug-likeness (QED) is 0.670. The predicted octanol–water partition coefficient (Wildman–Crippen LogP) is 0.415. The molecule has 2 rings (SSSR count). The van der Waals surface area contributed by atoms with E-state index >= 15 is 0 Å². The minimum absolute atomic E-state index is 0.0334. The number of carboxylic acids is 1. The van der Waals surface area contributed by atoms with Crippen LogP contribution in [0.15, 0.2) is 11.0 Å². The topological polar surface area (TPSA) is 73.3 Å². The summed E-state index contributed by atoms with van der Waals surface area (Å²) in [5, 5.41) is 17.6. The van der Waals surface area contributed by atoms with E-state index in [1.165, 1.54) is 0 Å². The number of hydrogen-bond acceptors (Lipinski definition) is 2. The summed E-state index contributed by atoms with van der Waals surface area (Å²) in [6, 6.07) is 1.64. The van der Waals surface area contributed by atoms with Gasteiger partial charge in [-0.3, -0.25) is 0 Å². The van der Waals surface area contributed by atoms with Crippen LogP contribution >= 0.6 is 0 Å². The number of carboxylic acid groups (broad SMARTS) is 1. The molecule has 0 saturated heterocycles. The van der Waals surface area contributed by atoms with E-state index in [0.29, 0.717) is 0 Å². The van der Waals surface area contributed by atoms with E-state index in [2.05, 4.69) is 4.98 Å². The van der Waals surface area contributed by atoms with Crippen molar-refractivity contribution in [3.8, 4) is 0 Å². The number of aliphatic hydroxyl groups excluding tert-OH is 1. The van der Waals surface area contributed by atoms with Gasteiger partial charge in [-0.15, -0.1) is 0 Å². The Morgan fingerprint density at radius 2 is 2.38 bits per heavy atom. The number of hydrogen-bond donors (Lipinski definition) is 3. The first-order valence-corrected chi connectivity index (χ1v) is 5.50. The fraction of sp³-hybridized carbons (Fsp3) is 0.125. The maximum atomic E-state index is 10.6. The molecule has 0 aliphatic carbocycles. The van der Waals surface area contributed by atoms with Crippen molar-refractivity contribution in [2.24, 2.45) is 0 Å². The zero-order chi connectivity index (χ0) is 9.42. The van der Waals surface area contributed by atoms with E-state index in [1.54, 1.807) is 6.07 Å². The Bertz CT molecular complexity index is 457. The van der Waals surface area contributed by atoms with Crippen LogP contribution in [0, 0.1) is 0 Å². The summed E-state index contributed by atoms with van der Waals surface area (Å²) in [5.74, 6) is -0.956. The second-order valence-electron chi connectivity index (χ2n) is 2.65. The van der Waals surface area contributed by atoms with Crippen molar-refractivity contribution in [1.82, 2.24) is 4.98 Å². The Kier molecular flexibility index (Phi) is 2.00. The van der Waals surface area contributed by atoms with Crippen molar-refractivity contribution < 1.29 is 15.0 Å². The number of aromatic amines is 1. The molecule has 68 valence electrons. The Hall–Kier alpha value is -1.03. The summed E-state index contributed by atoms with van der Waals surface area (Å²) in [6.45, 7) is -0.0334. The van der Waals surface area contributed by atoms with Crippen molar-refractivity contribution in [2.75, 3.05) is 0 Å². The molecule has 2 aromatic rings.